The maximum Gasteiger partial charge on any atom is 0.410 e. The summed E-state index contributed by atoms with van der Waals surface area (Å²) in [6.07, 6.45) is 1.61. The van der Waals surface area contributed by atoms with Crippen LogP contribution in [0, 0.1) is 13.8 Å². The van der Waals surface area contributed by atoms with E-state index in [4.69, 9.17) is 4.74 Å². The quantitative estimate of drug-likeness (QED) is 0.783. The van der Waals surface area contributed by atoms with E-state index in [1.54, 1.807) is 0 Å². The first-order valence-electron chi connectivity index (χ1n) is 9.03. The van der Waals surface area contributed by atoms with Crippen molar-refractivity contribution in [2.24, 2.45) is 0 Å². The standard InChI is InChI=1S/C20H28N2O3/c1-13-8-14(2)10-15(9-13)18(23)21-11-16-6-7-17(12-21)22(16)19(24)25-20(3,4)5/h8-10,16-17H,6-7,11-12H2,1-5H3. The molecule has 2 aliphatic rings. The number of hydrogen-bond acceptors (Lipinski definition) is 3. The van der Waals surface area contributed by atoms with Crippen LogP contribution < -0.4 is 0 Å². The van der Waals surface area contributed by atoms with Gasteiger partial charge in [-0.25, -0.2) is 4.79 Å². The summed E-state index contributed by atoms with van der Waals surface area (Å²) in [4.78, 5) is 29.2. The molecule has 2 bridgehead atoms. The molecule has 0 aromatic heterocycles. The zero-order valence-electron chi connectivity index (χ0n) is 15.8. The summed E-state index contributed by atoms with van der Waals surface area (Å²) in [5.74, 6) is 0.0625. The van der Waals surface area contributed by atoms with E-state index >= 15 is 0 Å². The second kappa shape index (κ2) is 6.36. The van der Waals surface area contributed by atoms with Gasteiger partial charge in [-0.15, -0.1) is 0 Å². The van der Waals surface area contributed by atoms with Gasteiger partial charge >= 0.3 is 6.09 Å². The van der Waals surface area contributed by atoms with Gasteiger partial charge in [0, 0.05) is 18.7 Å². The number of ether oxygens (including phenoxy) is 1. The van der Waals surface area contributed by atoms with Gasteiger partial charge in [0.15, 0.2) is 0 Å². The van der Waals surface area contributed by atoms with Crippen molar-refractivity contribution in [2.75, 3.05) is 13.1 Å². The Hall–Kier alpha value is -2.04. The van der Waals surface area contributed by atoms with Crippen LogP contribution in [0.3, 0.4) is 0 Å². The molecule has 0 spiro atoms. The first-order valence-corrected chi connectivity index (χ1v) is 9.03. The zero-order chi connectivity index (χ0) is 18.4. The maximum absolute atomic E-state index is 12.9. The summed E-state index contributed by atoms with van der Waals surface area (Å²) < 4.78 is 5.55. The fourth-order valence-electron chi connectivity index (χ4n) is 3.96. The Morgan fingerprint density at radius 1 is 1.00 bits per heavy atom. The molecular weight excluding hydrogens is 316 g/mol. The van der Waals surface area contributed by atoms with Crippen LogP contribution in [0.25, 0.3) is 0 Å². The first kappa shape index (κ1) is 17.8. The fourth-order valence-corrected chi connectivity index (χ4v) is 3.96. The molecule has 2 unspecified atom stereocenters. The lowest BCUT2D eigenvalue weighted by Crippen LogP contribution is -2.57. The smallest absolute Gasteiger partial charge is 0.410 e. The van der Waals surface area contributed by atoms with E-state index in [1.807, 2.05) is 56.6 Å². The Labute approximate surface area is 149 Å². The van der Waals surface area contributed by atoms with Crippen LogP contribution in [0.4, 0.5) is 4.79 Å². The lowest BCUT2D eigenvalue weighted by atomic mass is 10.1. The van der Waals surface area contributed by atoms with Crippen molar-refractivity contribution < 1.29 is 14.3 Å². The molecule has 5 nitrogen and oxygen atoms in total. The minimum Gasteiger partial charge on any atom is -0.444 e. The lowest BCUT2D eigenvalue weighted by molar-refractivity contribution is -0.00335. The van der Waals surface area contributed by atoms with Gasteiger partial charge in [-0.05, 0) is 59.6 Å². The molecule has 0 N–H and O–H groups in total. The number of benzene rings is 1. The maximum atomic E-state index is 12.9. The van der Waals surface area contributed by atoms with E-state index in [-0.39, 0.29) is 24.1 Å². The average molecular weight is 344 g/mol. The molecular formula is C20H28N2O3. The topological polar surface area (TPSA) is 49.9 Å². The van der Waals surface area contributed by atoms with Gasteiger partial charge < -0.3 is 9.64 Å². The molecule has 0 radical (unpaired) electrons. The van der Waals surface area contributed by atoms with Gasteiger partial charge in [-0.2, -0.15) is 0 Å². The third-order valence-electron chi connectivity index (χ3n) is 4.84. The second-order valence-electron chi connectivity index (χ2n) is 8.36. The molecule has 2 aliphatic heterocycles. The Balaban J connectivity index is 1.73. The number of likely N-dealkylation sites (tertiary alicyclic amines) is 1. The highest BCUT2D eigenvalue weighted by Crippen LogP contribution is 2.32. The highest BCUT2D eigenvalue weighted by Gasteiger charge is 2.45. The van der Waals surface area contributed by atoms with E-state index in [2.05, 4.69) is 6.07 Å². The van der Waals surface area contributed by atoms with Crippen LogP contribution in [0.1, 0.15) is 55.1 Å². The van der Waals surface area contributed by atoms with E-state index in [1.165, 1.54) is 0 Å². The molecule has 2 heterocycles. The van der Waals surface area contributed by atoms with Gasteiger partial charge in [0.1, 0.15) is 5.60 Å². The average Bonchev–Trinajstić information content (AvgIpc) is 2.74. The largest absolute Gasteiger partial charge is 0.444 e. The molecule has 5 heteroatoms. The number of hydrogen-bond donors (Lipinski definition) is 0. The molecule has 2 atom stereocenters. The molecule has 136 valence electrons. The number of aryl methyl sites for hydroxylation is 2. The van der Waals surface area contributed by atoms with Crippen LogP contribution in [0.15, 0.2) is 18.2 Å². The highest BCUT2D eigenvalue weighted by molar-refractivity contribution is 5.95. The summed E-state index contributed by atoms with van der Waals surface area (Å²) in [5.41, 5.74) is 2.43. The van der Waals surface area contributed by atoms with Gasteiger partial charge in [-0.3, -0.25) is 9.69 Å². The van der Waals surface area contributed by atoms with Crippen LogP contribution in [0.5, 0.6) is 0 Å². The molecule has 2 fully saturated rings. The summed E-state index contributed by atoms with van der Waals surface area (Å²) in [6, 6.07) is 6.07. The number of carbonyl (C=O) groups is 2. The van der Waals surface area contributed by atoms with Crippen LogP contribution in [0.2, 0.25) is 0 Å². The Morgan fingerprint density at radius 3 is 2.00 bits per heavy atom. The van der Waals surface area contributed by atoms with Crippen molar-refractivity contribution in [1.29, 1.82) is 0 Å². The molecule has 25 heavy (non-hydrogen) atoms. The van der Waals surface area contributed by atoms with Crippen LogP contribution >= 0.6 is 0 Å². The Kier molecular flexibility index (Phi) is 4.52. The number of nitrogens with zero attached hydrogens (tertiary/aromatic N) is 2. The molecule has 1 aromatic rings. The predicted octanol–water partition coefficient (Wildman–Crippen LogP) is 3.53. The highest BCUT2D eigenvalue weighted by atomic mass is 16.6. The summed E-state index contributed by atoms with van der Waals surface area (Å²) in [6.45, 7) is 10.8. The summed E-state index contributed by atoms with van der Waals surface area (Å²) >= 11 is 0. The number of amides is 2. The fraction of sp³-hybridized carbons (Fsp3) is 0.600. The monoisotopic (exact) mass is 344 g/mol. The van der Waals surface area contributed by atoms with Gasteiger partial charge in [-0.1, -0.05) is 17.2 Å². The molecule has 3 rings (SSSR count). The minimum atomic E-state index is -0.497. The predicted molar refractivity (Wildman–Crippen MR) is 96.7 cm³/mol. The van der Waals surface area contributed by atoms with Gasteiger partial charge in [0.2, 0.25) is 0 Å². The summed E-state index contributed by atoms with van der Waals surface area (Å²) in [7, 11) is 0. The van der Waals surface area contributed by atoms with Crippen molar-refractivity contribution in [1.82, 2.24) is 9.80 Å². The molecule has 0 aliphatic carbocycles. The van der Waals surface area contributed by atoms with Crippen LogP contribution in [-0.4, -0.2) is 52.6 Å². The lowest BCUT2D eigenvalue weighted by Gasteiger charge is -2.41. The third kappa shape index (κ3) is 3.80. The van der Waals surface area contributed by atoms with Crippen molar-refractivity contribution >= 4 is 12.0 Å². The van der Waals surface area contributed by atoms with E-state index < -0.39 is 5.60 Å². The van der Waals surface area contributed by atoms with E-state index in [0.717, 1.165) is 29.5 Å². The SMILES string of the molecule is Cc1cc(C)cc(C(=O)N2CC3CCC(C2)N3C(=O)OC(C)(C)C)c1. The van der Waals surface area contributed by atoms with Crippen molar-refractivity contribution in [3.8, 4) is 0 Å². The molecule has 2 amide bonds. The number of fused-ring (bicyclic) bond motifs is 2. The van der Waals surface area contributed by atoms with Crippen LogP contribution in [-0.2, 0) is 4.74 Å². The summed E-state index contributed by atoms with van der Waals surface area (Å²) in [5, 5.41) is 0. The molecule has 2 saturated heterocycles. The Morgan fingerprint density at radius 2 is 1.52 bits per heavy atom. The third-order valence-corrected chi connectivity index (χ3v) is 4.84. The van der Waals surface area contributed by atoms with Gasteiger partial charge in [0.05, 0.1) is 12.1 Å². The van der Waals surface area contributed by atoms with E-state index in [0.29, 0.717) is 13.1 Å². The number of piperazine rings is 1. The van der Waals surface area contributed by atoms with Crippen molar-refractivity contribution in [2.45, 2.75) is 65.1 Å². The molecule has 0 saturated carbocycles. The van der Waals surface area contributed by atoms with E-state index in [9.17, 15) is 9.59 Å². The number of rotatable bonds is 1. The zero-order valence-corrected chi connectivity index (χ0v) is 15.8. The minimum absolute atomic E-state index is 0.0588. The second-order valence-corrected chi connectivity index (χ2v) is 8.36. The van der Waals surface area contributed by atoms with Gasteiger partial charge in [0.25, 0.3) is 5.91 Å². The first-order chi connectivity index (χ1) is 11.6. The van der Waals surface area contributed by atoms with Crippen molar-refractivity contribution in [3.05, 3.63) is 34.9 Å². The molecule has 1 aromatic carbocycles. The normalized spacial score (nSPS) is 22.9. The number of carbonyl (C=O) groups excluding carboxylic acids is 2. The Bertz CT molecular complexity index is 658. The van der Waals surface area contributed by atoms with Crippen molar-refractivity contribution in [3.63, 3.8) is 0 Å².